The van der Waals surface area contributed by atoms with Crippen LogP contribution in [0, 0.1) is 5.92 Å². The molecule has 1 unspecified atom stereocenters. The molecule has 1 aromatic rings. The maximum Gasteiger partial charge on any atom is 0.226 e. The van der Waals surface area contributed by atoms with Crippen molar-refractivity contribution < 1.29 is 9.53 Å². The highest BCUT2D eigenvalue weighted by Gasteiger charge is 2.35. The monoisotopic (exact) mass is 366 g/mol. The highest BCUT2D eigenvalue weighted by Crippen LogP contribution is 2.39. The van der Waals surface area contributed by atoms with Gasteiger partial charge < -0.3 is 15.0 Å². The molecule has 2 fully saturated rings. The molecular weight excluding hydrogens is 344 g/mol. The first-order chi connectivity index (χ1) is 10.7. The molecule has 0 radical (unpaired) electrons. The molecule has 5 heteroatoms. The predicted molar refractivity (Wildman–Crippen MR) is 90.0 cm³/mol. The molecule has 3 rings (SSSR count). The summed E-state index contributed by atoms with van der Waals surface area (Å²) in [5.74, 6) is 1.38. The van der Waals surface area contributed by atoms with Crippen LogP contribution in [0.1, 0.15) is 37.3 Å². The Balaban J connectivity index is 1.83. The third-order valence-electron chi connectivity index (χ3n) is 4.78. The molecule has 0 aromatic heterocycles. The fourth-order valence-corrected chi connectivity index (χ4v) is 4.00. The first-order valence-corrected chi connectivity index (χ1v) is 8.84. The Morgan fingerprint density at radius 2 is 2.09 bits per heavy atom. The normalized spacial score (nSPS) is 22.8. The van der Waals surface area contributed by atoms with E-state index in [1.165, 1.54) is 0 Å². The Kier molecular flexibility index (Phi) is 5.03. The number of halogens is 1. The summed E-state index contributed by atoms with van der Waals surface area (Å²) in [5.41, 5.74) is 1.12. The Morgan fingerprint density at radius 1 is 1.32 bits per heavy atom. The number of benzene rings is 1. The van der Waals surface area contributed by atoms with Gasteiger partial charge in [-0.2, -0.15) is 0 Å². The Labute approximate surface area is 140 Å². The average Bonchev–Trinajstić information content (AvgIpc) is 3.04. The molecule has 0 bridgehead atoms. The van der Waals surface area contributed by atoms with E-state index in [2.05, 4.69) is 32.2 Å². The average molecular weight is 367 g/mol. The third kappa shape index (κ3) is 3.15. The SMILES string of the molecule is COc1ccc(Br)cc1C1CCCN1C(=O)C1CCNCC1. The number of carbonyl (C=O) groups excluding carboxylic acids is 1. The fraction of sp³-hybridized carbons (Fsp3) is 0.588. The number of nitrogens with one attached hydrogen (secondary N) is 1. The van der Waals surface area contributed by atoms with Gasteiger partial charge >= 0.3 is 0 Å². The Hall–Kier alpha value is -1.07. The molecule has 1 N–H and O–H groups in total. The van der Waals surface area contributed by atoms with Crippen LogP contribution in [0.5, 0.6) is 5.75 Å². The van der Waals surface area contributed by atoms with Crippen LogP contribution in [0.2, 0.25) is 0 Å². The van der Waals surface area contributed by atoms with Gasteiger partial charge in [0.2, 0.25) is 5.91 Å². The third-order valence-corrected chi connectivity index (χ3v) is 5.27. The molecular formula is C17H23BrN2O2. The molecule has 1 atom stereocenters. The molecule has 1 aromatic carbocycles. The number of likely N-dealkylation sites (tertiary alicyclic amines) is 1. The summed E-state index contributed by atoms with van der Waals surface area (Å²) >= 11 is 3.54. The number of ether oxygens (including phenoxy) is 1. The molecule has 0 saturated carbocycles. The summed E-state index contributed by atoms with van der Waals surface area (Å²) in [5, 5.41) is 3.33. The maximum absolute atomic E-state index is 12.9. The fourth-order valence-electron chi connectivity index (χ4n) is 3.62. The summed E-state index contributed by atoms with van der Waals surface area (Å²) in [6.45, 7) is 2.77. The lowest BCUT2D eigenvalue weighted by Crippen LogP contribution is -2.40. The van der Waals surface area contributed by atoms with Gasteiger partial charge in [-0.1, -0.05) is 15.9 Å². The summed E-state index contributed by atoms with van der Waals surface area (Å²) in [4.78, 5) is 15.0. The van der Waals surface area contributed by atoms with Crippen LogP contribution in [0.4, 0.5) is 0 Å². The molecule has 2 saturated heterocycles. The lowest BCUT2D eigenvalue weighted by Gasteiger charge is -2.31. The Morgan fingerprint density at radius 3 is 2.82 bits per heavy atom. The second-order valence-corrected chi connectivity index (χ2v) is 7.02. The molecule has 1 amide bonds. The zero-order valence-corrected chi connectivity index (χ0v) is 14.6. The van der Waals surface area contributed by atoms with Crippen molar-refractivity contribution in [2.75, 3.05) is 26.7 Å². The minimum absolute atomic E-state index is 0.148. The van der Waals surface area contributed by atoms with Crippen LogP contribution >= 0.6 is 15.9 Å². The topological polar surface area (TPSA) is 41.6 Å². The van der Waals surface area contributed by atoms with Crippen molar-refractivity contribution in [3.8, 4) is 5.75 Å². The second kappa shape index (κ2) is 7.01. The number of methoxy groups -OCH3 is 1. The summed E-state index contributed by atoms with van der Waals surface area (Å²) in [7, 11) is 1.70. The van der Waals surface area contributed by atoms with Gasteiger partial charge in [0.25, 0.3) is 0 Å². The first kappa shape index (κ1) is 15.8. The van der Waals surface area contributed by atoms with Crippen LogP contribution in [0.25, 0.3) is 0 Å². The Bertz CT molecular complexity index is 543. The predicted octanol–water partition coefficient (Wildman–Crippen LogP) is 3.12. The molecule has 120 valence electrons. The van der Waals surface area contributed by atoms with E-state index in [0.29, 0.717) is 5.91 Å². The van der Waals surface area contributed by atoms with Crippen LogP contribution in [-0.2, 0) is 4.79 Å². The van der Waals surface area contributed by atoms with Crippen molar-refractivity contribution >= 4 is 21.8 Å². The van der Waals surface area contributed by atoms with Crippen molar-refractivity contribution in [3.63, 3.8) is 0 Å². The number of nitrogens with zero attached hydrogens (tertiary/aromatic N) is 1. The maximum atomic E-state index is 12.9. The lowest BCUT2D eigenvalue weighted by molar-refractivity contribution is -0.137. The zero-order chi connectivity index (χ0) is 15.5. The minimum Gasteiger partial charge on any atom is -0.496 e. The molecule has 2 aliphatic rings. The van der Waals surface area contributed by atoms with E-state index in [4.69, 9.17) is 4.74 Å². The van der Waals surface area contributed by atoms with Gasteiger partial charge in [0.05, 0.1) is 13.2 Å². The van der Waals surface area contributed by atoms with Crippen LogP contribution in [0.15, 0.2) is 22.7 Å². The molecule has 22 heavy (non-hydrogen) atoms. The summed E-state index contributed by atoms with van der Waals surface area (Å²) < 4.78 is 6.55. The van der Waals surface area contributed by atoms with Gasteiger partial charge in [-0.15, -0.1) is 0 Å². The van der Waals surface area contributed by atoms with Gasteiger partial charge in [-0.25, -0.2) is 0 Å². The molecule has 4 nitrogen and oxygen atoms in total. The molecule has 0 spiro atoms. The van der Waals surface area contributed by atoms with Gasteiger partial charge in [0.1, 0.15) is 5.75 Å². The highest BCUT2D eigenvalue weighted by molar-refractivity contribution is 9.10. The van der Waals surface area contributed by atoms with E-state index in [0.717, 1.165) is 61.1 Å². The second-order valence-electron chi connectivity index (χ2n) is 6.10. The first-order valence-electron chi connectivity index (χ1n) is 8.05. The zero-order valence-electron chi connectivity index (χ0n) is 13.0. The van der Waals surface area contributed by atoms with Crippen LogP contribution < -0.4 is 10.1 Å². The molecule has 2 heterocycles. The van der Waals surface area contributed by atoms with Crippen molar-refractivity contribution in [2.45, 2.75) is 31.7 Å². The highest BCUT2D eigenvalue weighted by atomic mass is 79.9. The summed E-state index contributed by atoms with van der Waals surface area (Å²) in [6.07, 6.45) is 4.00. The van der Waals surface area contributed by atoms with E-state index >= 15 is 0 Å². The smallest absolute Gasteiger partial charge is 0.226 e. The number of amides is 1. The summed E-state index contributed by atoms with van der Waals surface area (Å²) in [6, 6.07) is 6.20. The van der Waals surface area contributed by atoms with E-state index in [-0.39, 0.29) is 12.0 Å². The number of hydrogen-bond donors (Lipinski definition) is 1. The van der Waals surface area contributed by atoms with Crippen molar-refractivity contribution in [3.05, 3.63) is 28.2 Å². The van der Waals surface area contributed by atoms with Crippen LogP contribution in [-0.4, -0.2) is 37.6 Å². The van der Waals surface area contributed by atoms with Crippen molar-refractivity contribution in [1.82, 2.24) is 10.2 Å². The van der Waals surface area contributed by atoms with Gasteiger partial charge in [0, 0.05) is 22.5 Å². The van der Waals surface area contributed by atoms with E-state index in [9.17, 15) is 4.79 Å². The molecule has 2 aliphatic heterocycles. The van der Waals surface area contributed by atoms with Crippen molar-refractivity contribution in [2.24, 2.45) is 5.92 Å². The molecule has 0 aliphatic carbocycles. The van der Waals surface area contributed by atoms with Crippen LogP contribution in [0.3, 0.4) is 0 Å². The van der Waals surface area contributed by atoms with Gasteiger partial charge in [0.15, 0.2) is 0 Å². The number of piperidine rings is 1. The quantitative estimate of drug-likeness (QED) is 0.893. The number of carbonyl (C=O) groups is 1. The van der Waals surface area contributed by atoms with Gasteiger partial charge in [-0.3, -0.25) is 4.79 Å². The number of rotatable bonds is 3. The number of hydrogen-bond acceptors (Lipinski definition) is 3. The van der Waals surface area contributed by atoms with E-state index in [1.807, 2.05) is 12.1 Å². The standard InChI is InChI=1S/C17H23BrN2O2/c1-22-16-5-4-13(18)11-14(16)15-3-2-10-20(15)17(21)12-6-8-19-9-7-12/h4-5,11-12,15,19H,2-3,6-10H2,1H3. The van der Waals surface area contributed by atoms with E-state index < -0.39 is 0 Å². The van der Waals surface area contributed by atoms with Crippen molar-refractivity contribution in [1.29, 1.82) is 0 Å². The lowest BCUT2D eigenvalue weighted by atomic mass is 9.95. The van der Waals surface area contributed by atoms with Gasteiger partial charge in [-0.05, 0) is 57.0 Å². The van der Waals surface area contributed by atoms with E-state index in [1.54, 1.807) is 7.11 Å². The minimum atomic E-state index is 0.148. The largest absolute Gasteiger partial charge is 0.496 e.